The number of aryl methyl sites for hydroxylation is 1. The molecule has 1 heterocycles. The lowest BCUT2D eigenvalue weighted by Crippen LogP contribution is -2.30. The van der Waals surface area contributed by atoms with Gasteiger partial charge in [0, 0.05) is 27.5 Å². The van der Waals surface area contributed by atoms with E-state index in [0.717, 1.165) is 65.3 Å². The van der Waals surface area contributed by atoms with Crippen molar-refractivity contribution in [3.8, 4) is 0 Å². The minimum absolute atomic E-state index is 0.0417. The Labute approximate surface area is 290 Å². The first-order valence-corrected chi connectivity index (χ1v) is 18.1. The van der Waals surface area contributed by atoms with Gasteiger partial charge in [0.2, 0.25) is 0 Å². The van der Waals surface area contributed by atoms with Crippen molar-refractivity contribution in [2.24, 2.45) is 22.1 Å². The molecule has 2 unspecified atom stereocenters. The van der Waals surface area contributed by atoms with E-state index in [1.54, 1.807) is 0 Å². The largest absolute Gasteiger partial charge is 0.481 e. The van der Waals surface area contributed by atoms with E-state index >= 15 is 0 Å². The van der Waals surface area contributed by atoms with Crippen LogP contribution in [0.2, 0.25) is 0 Å². The summed E-state index contributed by atoms with van der Waals surface area (Å²) in [6, 6.07) is 16.8. The van der Waals surface area contributed by atoms with E-state index in [1.807, 2.05) is 69.8 Å². The normalized spacial score (nSPS) is 20.5. The van der Waals surface area contributed by atoms with E-state index < -0.39 is 11.6 Å². The monoisotopic (exact) mass is 674 g/mol. The minimum Gasteiger partial charge on any atom is -0.481 e. The van der Waals surface area contributed by atoms with Gasteiger partial charge in [0.1, 0.15) is 0 Å². The van der Waals surface area contributed by atoms with Crippen molar-refractivity contribution in [2.75, 3.05) is 5.75 Å². The molecule has 0 spiro atoms. The van der Waals surface area contributed by atoms with Gasteiger partial charge in [-0.05, 0) is 112 Å². The van der Waals surface area contributed by atoms with Crippen LogP contribution in [0.25, 0.3) is 6.08 Å². The molecule has 1 saturated carbocycles. The number of hydrogen-bond acceptors (Lipinski definition) is 5. The molecule has 5 rings (SSSR count). The molecule has 47 heavy (non-hydrogen) atoms. The van der Waals surface area contributed by atoms with Crippen molar-refractivity contribution in [3.63, 3.8) is 0 Å². The molecule has 4 N–H and O–H groups in total. The summed E-state index contributed by atoms with van der Waals surface area (Å²) in [5, 5.41) is 21.2. The number of fused-ring (bicyclic) bond motifs is 1. The van der Waals surface area contributed by atoms with Crippen LogP contribution in [0.5, 0.6) is 0 Å². The highest BCUT2D eigenvalue weighted by Gasteiger charge is 2.44. The quantitative estimate of drug-likeness (QED) is 0.197. The standard InChI is InChI=1S/C35H38ClNO3S.C5H13N/c1-34(2,40)30-9-4-3-8-29(30)32(41-23-35(18-19-35)22-33(38)39)17-11-25-7-5-6-24(20-25)10-15-28-16-13-26-12-14-27(36)21-31(26)37-28;1-4-5(2,3)6/h3-10,12-16,20-21,26,31-32,40H,11,17-19,22-23H2,1-2H3,(H,38,39);4,6H2,1-3H3/b15-10+;/t26?,31?,32-;/m0./s1. The SMILES string of the molecule is CC(C)(O)c1ccccc1[C@H](CCc1cccc(/C=C/C2=NC3C=C(Cl)C=CC3C=C2)c1)SCC1(CC(=O)O)CC1.CCC(C)(C)N. The van der Waals surface area contributed by atoms with E-state index in [1.165, 1.54) is 5.56 Å². The number of aliphatic carboxylic acids is 1. The molecule has 5 nitrogen and oxygen atoms in total. The molecule has 3 aliphatic rings. The second-order valence-electron chi connectivity index (χ2n) is 14.4. The Morgan fingerprint density at radius 2 is 1.81 bits per heavy atom. The number of carboxylic acids is 1. The number of rotatable bonds is 13. The predicted octanol–water partition coefficient (Wildman–Crippen LogP) is 9.41. The first kappa shape index (κ1) is 36.9. The Hall–Kier alpha value is -2.90. The maximum Gasteiger partial charge on any atom is 0.303 e. The second-order valence-corrected chi connectivity index (χ2v) is 16.0. The van der Waals surface area contributed by atoms with Crippen LogP contribution >= 0.6 is 23.4 Å². The number of nitrogens with zero attached hydrogens (tertiary/aromatic N) is 1. The van der Waals surface area contributed by atoms with Crippen molar-refractivity contribution in [2.45, 2.75) is 95.6 Å². The Balaban J connectivity index is 0.000000762. The van der Waals surface area contributed by atoms with Crippen molar-refractivity contribution >= 4 is 41.1 Å². The van der Waals surface area contributed by atoms with E-state index in [0.29, 0.717) is 0 Å². The highest BCUT2D eigenvalue weighted by Crippen LogP contribution is 2.53. The summed E-state index contributed by atoms with van der Waals surface area (Å²) in [6.07, 6.45) is 19.4. The van der Waals surface area contributed by atoms with Gasteiger partial charge >= 0.3 is 5.97 Å². The number of halogens is 1. The van der Waals surface area contributed by atoms with Gasteiger partial charge in [-0.25, -0.2) is 0 Å². The maximum atomic E-state index is 11.5. The third kappa shape index (κ3) is 11.6. The number of dihydropyridines is 1. The Morgan fingerprint density at radius 1 is 1.11 bits per heavy atom. The van der Waals surface area contributed by atoms with Crippen LogP contribution in [0.4, 0.5) is 0 Å². The summed E-state index contributed by atoms with van der Waals surface area (Å²) < 4.78 is 0. The molecule has 2 aliphatic carbocycles. The maximum absolute atomic E-state index is 11.5. The number of aliphatic imine (C=N–C) groups is 1. The summed E-state index contributed by atoms with van der Waals surface area (Å²) in [5.74, 6) is 0.372. The molecule has 3 atom stereocenters. The van der Waals surface area contributed by atoms with Crippen molar-refractivity contribution in [1.29, 1.82) is 0 Å². The molecule has 0 amide bonds. The summed E-state index contributed by atoms with van der Waals surface area (Å²) in [4.78, 5) is 16.3. The lowest BCUT2D eigenvalue weighted by Gasteiger charge is -2.27. The Bertz CT molecular complexity index is 1540. The van der Waals surface area contributed by atoms with Gasteiger partial charge < -0.3 is 15.9 Å². The van der Waals surface area contributed by atoms with Crippen LogP contribution in [0, 0.1) is 11.3 Å². The van der Waals surface area contributed by atoms with Crippen molar-refractivity contribution in [3.05, 3.63) is 112 Å². The number of aliphatic hydroxyl groups is 1. The third-order valence-electron chi connectivity index (χ3n) is 9.03. The molecule has 0 saturated heterocycles. The third-order valence-corrected chi connectivity index (χ3v) is 11.0. The molecule has 1 fully saturated rings. The lowest BCUT2D eigenvalue weighted by molar-refractivity contribution is -0.138. The lowest BCUT2D eigenvalue weighted by atomic mass is 9.90. The first-order valence-electron chi connectivity index (χ1n) is 16.7. The molecular formula is C40H51ClN2O3S. The molecule has 2 aromatic rings. The van der Waals surface area contributed by atoms with Gasteiger partial charge in [0.15, 0.2) is 0 Å². The molecule has 7 heteroatoms. The van der Waals surface area contributed by atoms with Gasteiger partial charge in [-0.15, -0.1) is 0 Å². The number of carboxylic acid groups (broad SMARTS) is 1. The fourth-order valence-electron chi connectivity index (χ4n) is 5.61. The second kappa shape index (κ2) is 16.0. The average molecular weight is 675 g/mol. The molecule has 0 aromatic heterocycles. The fourth-order valence-corrected chi connectivity index (χ4v) is 7.43. The average Bonchev–Trinajstić information content (AvgIpc) is 3.78. The molecule has 2 aromatic carbocycles. The highest BCUT2D eigenvalue weighted by atomic mass is 35.5. The van der Waals surface area contributed by atoms with Crippen LogP contribution in [0.3, 0.4) is 0 Å². The Kier molecular flexibility index (Phi) is 12.6. The summed E-state index contributed by atoms with van der Waals surface area (Å²) >= 11 is 8.03. The molecular weight excluding hydrogens is 624 g/mol. The topological polar surface area (TPSA) is 95.9 Å². The van der Waals surface area contributed by atoms with Gasteiger partial charge in [0.05, 0.1) is 23.8 Å². The van der Waals surface area contributed by atoms with E-state index in [9.17, 15) is 15.0 Å². The zero-order valence-electron chi connectivity index (χ0n) is 28.5. The smallest absolute Gasteiger partial charge is 0.303 e. The Morgan fingerprint density at radius 3 is 2.47 bits per heavy atom. The van der Waals surface area contributed by atoms with Gasteiger partial charge in [-0.3, -0.25) is 9.79 Å². The fraction of sp³-hybridized carbons (Fsp3) is 0.450. The first-order chi connectivity index (χ1) is 22.2. The molecule has 0 radical (unpaired) electrons. The zero-order valence-corrected chi connectivity index (χ0v) is 30.0. The molecule has 0 bridgehead atoms. The zero-order chi connectivity index (χ0) is 34.2. The van der Waals surface area contributed by atoms with Crippen LogP contribution in [0.15, 0.2) is 95.0 Å². The van der Waals surface area contributed by atoms with Crippen molar-refractivity contribution in [1.82, 2.24) is 0 Å². The van der Waals surface area contributed by atoms with E-state index in [2.05, 4.69) is 67.6 Å². The highest BCUT2D eigenvalue weighted by molar-refractivity contribution is 7.99. The van der Waals surface area contributed by atoms with Gasteiger partial charge in [-0.1, -0.05) is 85.3 Å². The summed E-state index contributed by atoms with van der Waals surface area (Å²) in [7, 11) is 0. The van der Waals surface area contributed by atoms with E-state index in [-0.39, 0.29) is 34.6 Å². The van der Waals surface area contributed by atoms with Crippen molar-refractivity contribution < 1.29 is 15.0 Å². The van der Waals surface area contributed by atoms with Crippen LogP contribution in [-0.4, -0.2) is 39.2 Å². The van der Waals surface area contributed by atoms with E-state index in [4.69, 9.17) is 22.3 Å². The molecule has 252 valence electrons. The number of hydrogen-bond donors (Lipinski definition) is 3. The minimum atomic E-state index is -0.955. The predicted molar refractivity (Wildman–Crippen MR) is 200 cm³/mol. The summed E-state index contributed by atoms with van der Waals surface area (Å²) in [6.45, 7) is 9.79. The van der Waals surface area contributed by atoms with Gasteiger partial charge in [-0.2, -0.15) is 11.8 Å². The van der Waals surface area contributed by atoms with Gasteiger partial charge in [0.25, 0.3) is 0 Å². The number of benzene rings is 2. The van der Waals surface area contributed by atoms with Crippen LogP contribution in [-0.2, 0) is 16.8 Å². The number of allylic oxidation sites excluding steroid dienone is 4. The van der Waals surface area contributed by atoms with Crippen LogP contribution in [0.1, 0.15) is 94.2 Å². The van der Waals surface area contributed by atoms with Crippen LogP contribution < -0.4 is 5.73 Å². The number of nitrogens with two attached hydrogens (primary N) is 1. The number of thioether (sulfide) groups is 1. The molecule has 1 aliphatic heterocycles. The summed E-state index contributed by atoms with van der Waals surface area (Å²) in [5.41, 5.74) is 9.91. The number of carbonyl (C=O) groups is 1.